The molecule has 2 nitrogen and oxygen atoms in total. The third-order valence-electron chi connectivity index (χ3n) is 1.79. The minimum atomic E-state index is 1.09. The molecule has 1 aliphatic carbocycles. The van der Waals surface area contributed by atoms with Gasteiger partial charge in [0.15, 0.2) is 5.76 Å². The molecule has 0 atom stereocenters. The molecule has 0 spiro atoms. The van der Waals surface area contributed by atoms with Crippen LogP contribution < -0.4 is 4.99 Å². The van der Waals surface area contributed by atoms with Crippen LogP contribution in [0.4, 0.5) is 0 Å². The molecular weight excluding hydrogens is 114 g/mol. The zero-order valence-electron chi connectivity index (χ0n) is 5.26. The van der Waals surface area contributed by atoms with Gasteiger partial charge < -0.3 is 4.74 Å². The van der Waals surface area contributed by atoms with E-state index in [-0.39, 0.29) is 0 Å². The molecule has 1 aliphatic heterocycles. The van der Waals surface area contributed by atoms with E-state index >= 15 is 0 Å². The van der Waals surface area contributed by atoms with Gasteiger partial charge >= 0.3 is 6.40 Å². The highest BCUT2D eigenvalue weighted by molar-refractivity contribution is 5.53. The van der Waals surface area contributed by atoms with Crippen LogP contribution in [-0.4, -0.2) is 6.40 Å². The number of nitrogens with zero attached hydrogens (tertiary/aromatic N) is 1. The Morgan fingerprint density at radius 1 is 1.33 bits per heavy atom. The van der Waals surface area contributed by atoms with E-state index in [9.17, 15) is 0 Å². The van der Waals surface area contributed by atoms with Crippen molar-refractivity contribution in [2.24, 2.45) is 0 Å². The summed E-state index contributed by atoms with van der Waals surface area (Å²) in [6.45, 7) is 0. The molecule has 2 rings (SSSR count). The van der Waals surface area contributed by atoms with Gasteiger partial charge in [0.05, 0.1) is 0 Å². The highest BCUT2D eigenvalue weighted by Crippen LogP contribution is 2.24. The summed E-state index contributed by atoms with van der Waals surface area (Å²) in [7, 11) is 0. The number of ether oxygens (including phenoxy) is 1. The first-order valence-corrected chi connectivity index (χ1v) is 3.38. The Balaban J connectivity index is 2.24. The number of allylic oxidation sites excluding steroid dienone is 2. The second kappa shape index (κ2) is 1.87. The molecule has 0 saturated carbocycles. The number of rotatable bonds is 0. The van der Waals surface area contributed by atoms with Crippen LogP contribution in [0.1, 0.15) is 25.7 Å². The molecule has 0 aromatic carbocycles. The third kappa shape index (κ3) is 0.745. The Morgan fingerprint density at radius 2 is 2.22 bits per heavy atom. The summed E-state index contributed by atoms with van der Waals surface area (Å²) in [5.74, 6) is 1.11. The lowest BCUT2D eigenvalue weighted by atomic mass is 10.0. The zero-order chi connectivity index (χ0) is 6.10. The second-order valence-electron chi connectivity index (χ2n) is 2.43. The van der Waals surface area contributed by atoms with Gasteiger partial charge in [0.1, 0.15) is 4.99 Å². The van der Waals surface area contributed by atoms with Crippen LogP contribution in [0.3, 0.4) is 0 Å². The monoisotopic (exact) mass is 123 g/mol. The molecule has 0 aromatic heterocycles. The largest absolute Gasteiger partial charge is 0.404 e. The lowest BCUT2D eigenvalue weighted by Crippen LogP contribution is -1.97. The standard InChI is InChI=1S/C7H9NO/c1-2-4-7-6(3-1)8-5-9-7/h5H,1-4H2/q+1. The summed E-state index contributed by atoms with van der Waals surface area (Å²) >= 11 is 0. The van der Waals surface area contributed by atoms with Gasteiger partial charge in [-0.3, -0.25) is 0 Å². The highest BCUT2D eigenvalue weighted by Gasteiger charge is 2.26. The molecule has 0 bridgehead atoms. The highest BCUT2D eigenvalue weighted by atomic mass is 16.5. The average molecular weight is 123 g/mol. The number of hydrogen-bond donors (Lipinski definition) is 0. The van der Waals surface area contributed by atoms with Crippen LogP contribution in [0.15, 0.2) is 11.5 Å². The molecule has 1 radical (unpaired) electrons. The van der Waals surface area contributed by atoms with Crippen molar-refractivity contribution in [2.75, 3.05) is 0 Å². The van der Waals surface area contributed by atoms with Crippen molar-refractivity contribution in [1.29, 1.82) is 0 Å². The van der Waals surface area contributed by atoms with Gasteiger partial charge in [0, 0.05) is 12.8 Å². The first-order valence-electron chi connectivity index (χ1n) is 3.38. The Morgan fingerprint density at radius 3 is 3.11 bits per heavy atom. The molecule has 0 unspecified atom stereocenters. The Hall–Kier alpha value is -0.790. The van der Waals surface area contributed by atoms with E-state index < -0.39 is 0 Å². The summed E-state index contributed by atoms with van der Waals surface area (Å²) in [6.07, 6.45) is 6.30. The van der Waals surface area contributed by atoms with Gasteiger partial charge in [-0.05, 0) is 12.8 Å². The van der Waals surface area contributed by atoms with E-state index in [1.165, 1.54) is 18.5 Å². The fraction of sp³-hybridized carbons (Fsp3) is 0.571. The summed E-state index contributed by atoms with van der Waals surface area (Å²) < 4.78 is 5.14. The van der Waals surface area contributed by atoms with Crippen molar-refractivity contribution in [2.45, 2.75) is 25.7 Å². The maximum atomic E-state index is 5.14. The Bertz CT molecular complexity index is 181. The lowest BCUT2D eigenvalue weighted by molar-refractivity contribution is 0.398. The van der Waals surface area contributed by atoms with Crippen LogP contribution in [0, 0.1) is 0 Å². The van der Waals surface area contributed by atoms with Crippen LogP contribution in [0.5, 0.6) is 0 Å². The molecule has 0 fully saturated rings. The van der Waals surface area contributed by atoms with Crippen molar-refractivity contribution in [1.82, 2.24) is 4.99 Å². The van der Waals surface area contributed by atoms with E-state index in [1.807, 2.05) is 0 Å². The molecule has 2 heteroatoms. The molecular formula is C7H9NO+. The average Bonchev–Trinajstić information content (AvgIpc) is 2.33. The first-order chi connectivity index (χ1) is 4.47. The molecule has 0 aromatic rings. The van der Waals surface area contributed by atoms with Gasteiger partial charge in [0.25, 0.3) is 5.70 Å². The Kier molecular flexibility index (Phi) is 1.04. The Labute approximate surface area is 54.2 Å². The predicted molar refractivity (Wildman–Crippen MR) is 34.8 cm³/mol. The number of aliphatic imine (C=N–C) groups is 1. The summed E-state index contributed by atoms with van der Waals surface area (Å²) in [6, 6.07) is 0. The molecule has 0 amide bonds. The summed E-state index contributed by atoms with van der Waals surface area (Å²) in [5, 5.41) is 0. The quantitative estimate of drug-likeness (QED) is 0.474. The minimum Gasteiger partial charge on any atom is -0.404 e. The number of hydrogen-bond acceptors (Lipinski definition) is 2. The van der Waals surface area contributed by atoms with Crippen LogP contribution in [-0.2, 0) is 4.74 Å². The topological polar surface area (TPSA) is 23.3 Å². The molecule has 2 aliphatic rings. The molecule has 0 N–H and O–H groups in total. The SMILES string of the molecule is C1=[N+]C2=C(CCCC2)O1. The molecule has 9 heavy (non-hydrogen) atoms. The van der Waals surface area contributed by atoms with Gasteiger partial charge in [-0.25, -0.2) is 0 Å². The van der Waals surface area contributed by atoms with E-state index in [2.05, 4.69) is 4.99 Å². The first kappa shape index (κ1) is 5.03. The predicted octanol–water partition coefficient (Wildman–Crippen LogP) is 1.17. The molecule has 0 saturated heterocycles. The third-order valence-corrected chi connectivity index (χ3v) is 1.79. The summed E-state index contributed by atoms with van der Waals surface area (Å²) in [4.78, 5) is 4.09. The van der Waals surface area contributed by atoms with E-state index in [1.54, 1.807) is 6.40 Å². The van der Waals surface area contributed by atoms with Crippen molar-refractivity contribution in [3.8, 4) is 0 Å². The van der Waals surface area contributed by atoms with Gasteiger partial charge in [0.2, 0.25) is 0 Å². The van der Waals surface area contributed by atoms with Crippen LogP contribution in [0.2, 0.25) is 0 Å². The molecule has 47 valence electrons. The van der Waals surface area contributed by atoms with Crippen molar-refractivity contribution >= 4 is 6.40 Å². The maximum Gasteiger partial charge on any atom is 0.403 e. The normalized spacial score (nSPS) is 24.0. The van der Waals surface area contributed by atoms with Crippen LogP contribution >= 0.6 is 0 Å². The van der Waals surface area contributed by atoms with E-state index in [4.69, 9.17) is 4.74 Å². The smallest absolute Gasteiger partial charge is 0.403 e. The minimum absolute atomic E-state index is 1.09. The summed E-state index contributed by atoms with van der Waals surface area (Å²) in [5.41, 5.74) is 1.18. The fourth-order valence-corrected chi connectivity index (χ4v) is 1.28. The second-order valence-corrected chi connectivity index (χ2v) is 2.43. The molecule has 1 heterocycles. The fourth-order valence-electron chi connectivity index (χ4n) is 1.28. The van der Waals surface area contributed by atoms with Gasteiger partial charge in [-0.15, -0.1) is 0 Å². The van der Waals surface area contributed by atoms with Crippen LogP contribution in [0.25, 0.3) is 0 Å². The van der Waals surface area contributed by atoms with E-state index in [0.29, 0.717) is 0 Å². The lowest BCUT2D eigenvalue weighted by Gasteiger charge is -2.03. The zero-order valence-corrected chi connectivity index (χ0v) is 5.26. The van der Waals surface area contributed by atoms with Gasteiger partial charge in [-0.1, -0.05) is 0 Å². The van der Waals surface area contributed by atoms with Crippen molar-refractivity contribution in [3.05, 3.63) is 11.5 Å². The maximum absolute atomic E-state index is 5.14. The van der Waals surface area contributed by atoms with Crippen molar-refractivity contribution in [3.63, 3.8) is 0 Å². The van der Waals surface area contributed by atoms with Gasteiger partial charge in [-0.2, -0.15) is 0 Å². The van der Waals surface area contributed by atoms with E-state index in [0.717, 1.165) is 18.6 Å². The van der Waals surface area contributed by atoms with Crippen molar-refractivity contribution < 1.29 is 4.74 Å².